The number of carbonyl (C=O) groups is 4. The maximum Gasteiger partial charge on any atom is 0.336 e. The quantitative estimate of drug-likeness (QED) is 0.666. The number of carboxylic acids is 4. The van der Waals surface area contributed by atoms with E-state index in [4.69, 9.17) is 0 Å². The molecule has 2 aromatic rings. The van der Waals surface area contributed by atoms with Gasteiger partial charge in [0.05, 0.1) is 22.3 Å². The van der Waals surface area contributed by atoms with Crippen LogP contribution in [0.2, 0.25) is 0 Å². The number of fused-ring (bicyclic) bond motifs is 1. The van der Waals surface area contributed by atoms with Crippen molar-refractivity contribution in [2.24, 2.45) is 0 Å². The lowest BCUT2D eigenvalue weighted by Crippen LogP contribution is -2.14. The first-order valence-corrected chi connectivity index (χ1v) is 6.62. The highest BCUT2D eigenvalue weighted by Crippen LogP contribution is 2.34. The third-order valence-corrected chi connectivity index (χ3v) is 3.69. The molecule has 4 N–H and O–H groups in total. The molecule has 0 unspecified atom stereocenters. The summed E-state index contributed by atoms with van der Waals surface area (Å²) in [6.07, 6.45) is 0. The van der Waals surface area contributed by atoms with Gasteiger partial charge in [-0.3, -0.25) is 0 Å². The summed E-state index contributed by atoms with van der Waals surface area (Å²) in [5, 5.41) is 36.8. The molecule has 0 aliphatic heterocycles. The van der Waals surface area contributed by atoms with Gasteiger partial charge in [0.1, 0.15) is 0 Å². The zero-order valence-corrected chi connectivity index (χ0v) is 12.6. The van der Waals surface area contributed by atoms with Gasteiger partial charge in [-0.25, -0.2) is 19.2 Å². The largest absolute Gasteiger partial charge is 0.478 e. The first-order chi connectivity index (χ1) is 11.1. The van der Waals surface area contributed by atoms with Gasteiger partial charge in [0.2, 0.25) is 0 Å². The molecule has 8 nitrogen and oxygen atoms in total. The van der Waals surface area contributed by atoms with Crippen molar-refractivity contribution < 1.29 is 39.6 Å². The highest BCUT2D eigenvalue weighted by molar-refractivity contribution is 6.22. The predicted molar refractivity (Wildman–Crippen MR) is 81.3 cm³/mol. The molecule has 0 saturated heterocycles. The van der Waals surface area contributed by atoms with Crippen LogP contribution in [-0.2, 0) is 0 Å². The van der Waals surface area contributed by atoms with Gasteiger partial charge in [0, 0.05) is 10.8 Å². The summed E-state index contributed by atoms with van der Waals surface area (Å²) in [4.78, 5) is 46.2. The second kappa shape index (κ2) is 5.65. The summed E-state index contributed by atoms with van der Waals surface area (Å²) >= 11 is 0. The minimum absolute atomic E-state index is 0.0232. The van der Waals surface area contributed by atoms with Gasteiger partial charge in [-0.2, -0.15) is 0 Å². The summed E-state index contributed by atoms with van der Waals surface area (Å²) in [7, 11) is 0. The Morgan fingerprint density at radius 1 is 0.625 bits per heavy atom. The standard InChI is InChI=1S/C16H12O8/c1-5-3-7(13(17)18)12-10(16(23)24)6(2)4-8(14(19)20)11(12)9(5)15(21)22/h3-4H,1-2H3,(H,17,18)(H,19,20)(H,21,22)(H,23,24). The Balaban J connectivity index is 3.34. The number of hydrogen-bond acceptors (Lipinski definition) is 4. The van der Waals surface area contributed by atoms with Gasteiger partial charge in [-0.05, 0) is 37.1 Å². The molecule has 0 aromatic heterocycles. The zero-order chi connectivity index (χ0) is 18.3. The van der Waals surface area contributed by atoms with E-state index in [1.807, 2.05) is 0 Å². The van der Waals surface area contributed by atoms with Crippen molar-refractivity contribution >= 4 is 34.6 Å². The maximum atomic E-state index is 11.6. The van der Waals surface area contributed by atoms with Gasteiger partial charge in [-0.15, -0.1) is 0 Å². The van der Waals surface area contributed by atoms with E-state index in [0.29, 0.717) is 0 Å². The molecule has 0 aliphatic rings. The van der Waals surface area contributed by atoms with Crippen molar-refractivity contribution in [1.29, 1.82) is 0 Å². The molecule has 0 fully saturated rings. The van der Waals surface area contributed by atoms with Crippen molar-refractivity contribution in [3.8, 4) is 0 Å². The molecule has 8 heteroatoms. The van der Waals surface area contributed by atoms with Gasteiger partial charge in [0.15, 0.2) is 0 Å². The van der Waals surface area contributed by atoms with E-state index < -0.39 is 56.9 Å². The van der Waals surface area contributed by atoms with Crippen molar-refractivity contribution in [2.75, 3.05) is 0 Å². The molecule has 2 aromatic carbocycles. The van der Waals surface area contributed by atoms with E-state index in [9.17, 15) is 39.6 Å². The molecule has 124 valence electrons. The molecule has 0 aliphatic carbocycles. The number of benzene rings is 2. The third kappa shape index (κ3) is 2.43. The molecular weight excluding hydrogens is 320 g/mol. The average molecular weight is 332 g/mol. The van der Waals surface area contributed by atoms with Gasteiger partial charge in [-0.1, -0.05) is 0 Å². The first kappa shape index (κ1) is 16.9. The van der Waals surface area contributed by atoms with E-state index in [0.717, 1.165) is 12.1 Å². The Morgan fingerprint density at radius 2 is 0.917 bits per heavy atom. The van der Waals surface area contributed by atoms with Crippen molar-refractivity contribution in [3.05, 3.63) is 45.5 Å². The normalized spacial score (nSPS) is 10.6. The van der Waals surface area contributed by atoms with Crippen LogP contribution in [0.5, 0.6) is 0 Å². The van der Waals surface area contributed by atoms with Crippen LogP contribution in [0.1, 0.15) is 52.6 Å². The van der Waals surface area contributed by atoms with Crippen LogP contribution in [-0.4, -0.2) is 44.3 Å². The Labute approximate surface area is 134 Å². The van der Waals surface area contributed by atoms with E-state index in [1.54, 1.807) is 0 Å². The van der Waals surface area contributed by atoms with Crippen LogP contribution < -0.4 is 0 Å². The molecule has 0 bridgehead atoms. The monoisotopic (exact) mass is 332 g/mol. The van der Waals surface area contributed by atoms with Crippen LogP contribution in [0, 0.1) is 13.8 Å². The Bertz CT molecular complexity index is 862. The smallest absolute Gasteiger partial charge is 0.336 e. The van der Waals surface area contributed by atoms with Gasteiger partial charge < -0.3 is 20.4 Å². The topological polar surface area (TPSA) is 149 Å². The predicted octanol–water partition coefficient (Wildman–Crippen LogP) is 2.25. The Kier molecular flexibility index (Phi) is 3.99. The van der Waals surface area contributed by atoms with Gasteiger partial charge >= 0.3 is 23.9 Å². The fourth-order valence-electron chi connectivity index (χ4n) is 2.79. The number of rotatable bonds is 4. The SMILES string of the molecule is Cc1cc(C(=O)O)c2c(C(=O)O)c(C)cc(C(=O)O)c2c1C(=O)O. The van der Waals surface area contributed by atoms with Crippen LogP contribution in [0.15, 0.2) is 12.1 Å². The minimum Gasteiger partial charge on any atom is -0.478 e. The van der Waals surface area contributed by atoms with Crippen molar-refractivity contribution in [2.45, 2.75) is 13.8 Å². The van der Waals surface area contributed by atoms with E-state index >= 15 is 0 Å². The second-order valence-electron chi connectivity index (χ2n) is 5.20. The van der Waals surface area contributed by atoms with E-state index in [-0.39, 0.29) is 11.1 Å². The molecule has 0 atom stereocenters. The first-order valence-electron chi connectivity index (χ1n) is 6.62. The maximum absolute atomic E-state index is 11.6. The lowest BCUT2D eigenvalue weighted by atomic mass is 9.87. The fourth-order valence-corrected chi connectivity index (χ4v) is 2.79. The van der Waals surface area contributed by atoms with Crippen LogP contribution >= 0.6 is 0 Å². The Morgan fingerprint density at radius 3 is 1.12 bits per heavy atom. The van der Waals surface area contributed by atoms with Crippen LogP contribution in [0.4, 0.5) is 0 Å². The zero-order valence-electron chi connectivity index (χ0n) is 12.6. The summed E-state index contributed by atoms with van der Waals surface area (Å²) in [6, 6.07) is 2.07. The molecule has 2 rings (SSSR count). The molecular formula is C16H12O8. The summed E-state index contributed by atoms with van der Waals surface area (Å²) in [5.41, 5.74) is -1.75. The number of aromatic carboxylic acids is 4. The second-order valence-corrected chi connectivity index (χ2v) is 5.20. The van der Waals surface area contributed by atoms with Crippen LogP contribution in [0.3, 0.4) is 0 Å². The Hall–Kier alpha value is -3.42. The molecule has 0 saturated carbocycles. The molecule has 0 radical (unpaired) electrons. The molecule has 24 heavy (non-hydrogen) atoms. The van der Waals surface area contributed by atoms with Crippen molar-refractivity contribution in [1.82, 2.24) is 0 Å². The minimum atomic E-state index is -1.48. The van der Waals surface area contributed by atoms with E-state index in [1.165, 1.54) is 13.8 Å². The number of aryl methyl sites for hydroxylation is 2. The highest BCUT2D eigenvalue weighted by atomic mass is 16.4. The summed E-state index contributed by atoms with van der Waals surface area (Å²) in [5.74, 6) is -5.91. The van der Waals surface area contributed by atoms with Crippen molar-refractivity contribution in [3.63, 3.8) is 0 Å². The molecule has 0 amide bonds. The number of hydrogen-bond donors (Lipinski definition) is 4. The van der Waals surface area contributed by atoms with Gasteiger partial charge in [0.25, 0.3) is 0 Å². The molecule has 0 spiro atoms. The molecule has 0 heterocycles. The lowest BCUT2D eigenvalue weighted by molar-refractivity contribution is 0.0674. The highest BCUT2D eigenvalue weighted by Gasteiger charge is 2.28. The fraction of sp³-hybridized carbons (Fsp3) is 0.125. The van der Waals surface area contributed by atoms with Crippen LogP contribution in [0.25, 0.3) is 10.8 Å². The summed E-state index contributed by atoms with van der Waals surface area (Å²) < 4.78 is 0. The average Bonchev–Trinajstić information content (AvgIpc) is 2.44. The summed E-state index contributed by atoms with van der Waals surface area (Å²) in [6.45, 7) is 2.64. The third-order valence-electron chi connectivity index (χ3n) is 3.69. The lowest BCUT2D eigenvalue weighted by Gasteiger charge is -2.16. The number of carboxylic acid groups (broad SMARTS) is 4. The van der Waals surface area contributed by atoms with E-state index in [2.05, 4.69) is 0 Å².